The Morgan fingerprint density at radius 1 is 1.27 bits per heavy atom. The van der Waals surface area contributed by atoms with Crippen molar-refractivity contribution >= 4 is 5.91 Å². The van der Waals surface area contributed by atoms with E-state index in [-0.39, 0.29) is 5.91 Å². The normalized spacial score (nSPS) is 19.1. The molecule has 1 saturated heterocycles. The standard InChI is InChI=1S/C19H30N2O/c1-3-17-7-9-18(10-8-17)14-19(22)20-11-5-13-21-12-4-6-16(2)15-21/h7-10,16H,3-6,11-15H2,1-2H3,(H,20,22)/t16-/m0/s1. The van der Waals surface area contributed by atoms with E-state index in [2.05, 4.69) is 48.3 Å². The number of likely N-dealkylation sites (tertiary alicyclic amines) is 1. The lowest BCUT2D eigenvalue weighted by Crippen LogP contribution is -2.36. The van der Waals surface area contributed by atoms with E-state index in [1.807, 2.05) is 0 Å². The summed E-state index contributed by atoms with van der Waals surface area (Å²) in [5.74, 6) is 0.964. The van der Waals surface area contributed by atoms with Crippen molar-refractivity contribution in [2.45, 2.75) is 46.0 Å². The van der Waals surface area contributed by atoms with Gasteiger partial charge in [-0.25, -0.2) is 0 Å². The van der Waals surface area contributed by atoms with Gasteiger partial charge in [-0.3, -0.25) is 4.79 Å². The first-order chi connectivity index (χ1) is 10.7. The maximum absolute atomic E-state index is 11.9. The molecule has 122 valence electrons. The van der Waals surface area contributed by atoms with Crippen LogP contribution in [0.4, 0.5) is 0 Å². The summed E-state index contributed by atoms with van der Waals surface area (Å²) < 4.78 is 0. The van der Waals surface area contributed by atoms with E-state index in [0.29, 0.717) is 6.42 Å². The largest absolute Gasteiger partial charge is 0.356 e. The third-order valence-corrected chi connectivity index (χ3v) is 4.51. The van der Waals surface area contributed by atoms with Gasteiger partial charge in [-0.1, -0.05) is 38.1 Å². The highest BCUT2D eigenvalue weighted by molar-refractivity contribution is 5.78. The Bertz CT molecular complexity index is 455. The molecule has 3 nitrogen and oxygen atoms in total. The summed E-state index contributed by atoms with van der Waals surface area (Å²) in [5.41, 5.74) is 2.42. The lowest BCUT2D eigenvalue weighted by Gasteiger charge is -2.30. The monoisotopic (exact) mass is 302 g/mol. The number of hydrogen-bond acceptors (Lipinski definition) is 2. The number of nitrogens with zero attached hydrogens (tertiary/aromatic N) is 1. The van der Waals surface area contributed by atoms with Crippen molar-refractivity contribution in [2.75, 3.05) is 26.2 Å². The van der Waals surface area contributed by atoms with Gasteiger partial charge in [0.2, 0.25) is 5.91 Å². The average Bonchev–Trinajstić information content (AvgIpc) is 2.52. The van der Waals surface area contributed by atoms with Gasteiger partial charge in [-0.05, 0) is 55.8 Å². The number of amides is 1. The zero-order valence-corrected chi connectivity index (χ0v) is 14.1. The first-order valence-corrected chi connectivity index (χ1v) is 8.74. The van der Waals surface area contributed by atoms with Crippen molar-refractivity contribution in [3.63, 3.8) is 0 Å². The Balaban J connectivity index is 1.61. The second-order valence-electron chi connectivity index (χ2n) is 6.60. The zero-order chi connectivity index (χ0) is 15.8. The van der Waals surface area contributed by atoms with Crippen molar-refractivity contribution in [1.29, 1.82) is 0 Å². The van der Waals surface area contributed by atoms with Crippen LogP contribution in [0.25, 0.3) is 0 Å². The molecule has 1 amide bonds. The molecule has 0 saturated carbocycles. The summed E-state index contributed by atoms with van der Waals surface area (Å²) in [6, 6.07) is 8.35. The minimum Gasteiger partial charge on any atom is -0.356 e. The molecule has 1 heterocycles. The second-order valence-corrected chi connectivity index (χ2v) is 6.60. The summed E-state index contributed by atoms with van der Waals surface area (Å²) in [6.45, 7) is 8.81. The fourth-order valence-corrected chi connectivity index (χ4v) is 3.16. The molecule has 1 aliphatic heterocycles. The van der Waals surface area contributed by atoms with Gasteiger partial charge in [0.05, 0.1) is 6.42 Å². The minimum atomic E-state index is 0.135. The van der Waals surface area contributed by atoms with Crippen LogP contribution in [0.2, 0.25) is 0 Å². The topological polar surface area (TPSA) is 32.3 Å². The number of aryl methyl sites for hydroxylation is 1. The van der Waals surface area contributed by atoms with Crippen LogP contribution < -0.4 is 5.32 Å². The number of piperidine rings is 1. The molecule has 1 N–H and O–H groups in total. The quantitative estimate of drug-likeness (QED) is 0.785. The molecule has 2 rings (SSSR count). The first-order valence-electron chi connectivity index (χ1n) is 8.74. The molecule has 0 radical (unpaired) electrons. The van der Waals surface area contributed by atoms with Gasteiger partial charge in [0.15, 0.2) is 0 Å². The van der Waals surface area contributed by atoms with Crippen LogP contribution in [0.3, 0.4) is 0 Å². The van der Waals surface area contributed by atoms with Gasteiger partial charge >= 0.3 is 0 Å². The third-order valence-electron chi connectivity index (χ3n) is 4.51. The lowest BCUT2D eigenvalue weighted by molar-refractivity contribution is -0.120. The van der Waals surface area contributed by atoms with Gasteiger partial charge in [0.25, 0.3) is 0 Å². The Morgan fingerprint density at radius 2 is 2.00 bits per heavy atom. The lowest BCUT2D eigenvalue weighted by atomic mass is 10.0. The van der Waals surface area contributed by atoms with Crippen molar-refractivity contribution in [3.05, 3.63) is 35.4 Å². The average molecular weight is 302 g/mol. The molecule has 0 bridgehead atoms. The maximum Gasteiger partial charge on any atom is 0.224 e. The maximum atomic E-state index is 11.9. The van der Waals surface area contributed by atoms with Gasteiger partial charge in [-0.2, -0.15) is 0 Å². The van der Waals surface area contributed by atoms with Gasteiger partial charge in [-0.15, -0.1) is 0 Å². The van der Waals surface area contributed by atoms with Crippen LogP contribution in [-0.4, -0.2) is 37.0 Å². The number of rotatable bonds is 7. The Labute approximate surface area is 135 Å². The van der Waals surface area contributed by atoms with Crippen molar-refractivity contribution in [2.24, 2.45) is 5.92 Å². The molecule has 1 fully saturated rings. The van der Waals surface area contributed by atoms with E-state index in [0.717, 1.165) is 37.4 Å². The summed E-state index contributed by atoms with van der Waals surface area (Å²) in [4.78, 5) is 14.5. The summed E-state index contributed by atoms with van der Waals surface area (Å²) in [6.07, 6.45) is 5.27. The molecule has 3 heteroatoms. The molecule has 0 unspecified atom stereocenters. The highest BCUT2D eigenvalue weighted by Gasteiger charge is 2.15. The van der Waals surface area contributed by atoms with Crippen LogP contribution in [0.1, 0.15) is 44.2 Å². The zero-order valence-electron chi connectivity index (χ0n) is 14.1. The van der Waals surface area contributed by atoms with Crippen LogP contribution in [0.15, 0.2) is 24.3 Å². The Hall–Kier alpha value is -1.35. The molecule has 1 aromatic rings. The molecule has 1 aliphatic rings. The van der Waals surface area contributed by atoms with E-state index >= 15 is 0 Å². The molecule has 0 aromatic heterocycles. The number of nitrogens with one attached hydrogen (secondary N) is 1. The molecule has 1 aromatic carbocycles. The molecule has 0 aliphatic carbocycles. The molecule has 0 spiro atoms. The van der Waals surface area contributed by atoms with E-state index < -0.39 is 0 Å². The van der Waals surface area contributed by atoms with Crippen LogP contribution in [0.5, 0.6) is 0 Å². The number of carbonyl (C=O) groups excluding carboxylic acids is 1. The van der Waals surface area contributed by atoms with Crippen LogP contribution in [0, 0.1) is 5.92 Å². The van der Waals surface area contributed by atoms with Crippen molar-refractivity contribution in [3.8, 4) is 0 Å². The first kappa shape index (κ1) is 17.0. The minimum absolute atomic E-state index is 0.135. The number of benzene rings is 1. The third kappa shape index (κ3) is 5.80. The summed E-state index contributed by atoms with van der Waals surface area (Å²) >= 11 is 0. The Morgan fingerprint density at radius 3 is 2.68 bits per heavy atom. The van der Waals surface area contributed by atoms with E-state index in [4.69, 9.17) is 0 Å². The fourth-order valence-electron chi connectivity index (χ4n) is 3.16. The molecular formula is C19H30N2O. The van der Waals surface area contributed by atoms with Crippen molar-refractivity contribution < 1.29 is 4.79 Å². The molecule has 1 atom stereocenters. The fraction of sp³-hybridized carbons (Fsp3) is 0.632. The van der Waals surface area contributed by atoms with E-state index in [9.17, 15) is 4.79 Å². The predicted molar refractivity (Wildman–Crippen MR) is 92.0 cm³/mol. The molecule has 22 heavy (non-hydrogen) atoms. The predicted octanol–water partition coefficient (Wildman–Crippen LogP) is 3.03. The summed E-state index contributed by atoms with van der Waals surface area (Å²) in [7, 11) is 0. The highest BCUT2D eigenvalue weighted by Crippen LogP contribution is 2.15. The number of carbonyl (C=O) groups is 1. The number of hydrogen-bond donors (Lipinski definition) is 1. The van der Waals surface area contributed by atoms with Gasteiger partial charge in [0.1, 0.15) is 0 Å². The van der Waals surface area contributed by atoms with E-state index in [1.165, 1.54) is 31.5 Å². The smallest absolute Gasteiger partial charge is 0.224 e. The summed E-state index contributed by atoms with van der Waals surface area (Å²) in [5, 5.41) is 3.04. The second kappa shape index (κ2) is 8.94. The van der Waals surface area contributed by atoms with Gasteiger partial charge in [0, 0.05) is 13.1 Å². The van der Waals surface area contributed by atoms with Crippen LogP contribution in [-0.2, 0) is 17.6 Å². The SMILES string of the molecule is CCc1ccc(CC(=O)NCCCN2CCC[C@H](C)C2)cc1. The Kier molecular flexibility index (Phi) is 6.91. The van der Waals surface area contributed by atoms with Crippen molar-refractivity contribution in [1.82, 2.24) is 10.2 Å². The van der Waals surface area contributed by atoms with Crippen LogP contribution >= 0.6 is 0 Å². The van der Waals surface area contributed by atoms with E-state index in [1.54, 1.807) is 0 Å². The highest BCUT2D eigenvalue weighted by atomic mass is 16.1. The van der Waals surface area contributed by atoms with Gasteiger partial charge < -0.3 is 10.2 Å². The molecular weight excluding hydrogens is 272 g/mol.